The first-order chi connectivity index (χ1) is 31.3. The summed E-state index contributed by atoms with van der Waals surface area (Å²) in [6.07, 6.45) is 5.43. The molecule has 0 saturated carbocycles. The van der Waals surface area contributed by atoms with Crippen LogP contribution >= 0.6 is 11.6 Å². The molecule has 19 heteroatoms. The summed E-state index contributed by atoms with van der Waals surface area (Å²) < 4.78 is 13.8. The van der Waals surface area contributed by atoms with Crippen LogP contribution in [0.15, 0.2) is 53.5 Å². The SMILES string of the molecule is CCOc1cc2cc(Nc3nc(N4CCOC5(CN(CCC6CCN(c7cccc8c7C(=O)N(C7CCC(=O)NC7=O)C8=O)CC6)C5)C4)ncc3Cl)ccc2n(C(C)C)c1=O.CNC=O. The molecule has 5 aliphatic heterocycles. The number of anilines is 4. The summed E-state index contributed by atoms with van der Waals surface area (Å²) in [5.74, 6) is -0.0569. The second-order valence-corrected chi connectivity index (χ2v) is 17.8. The van der Waals surface area contributed by atoms with Gasteiger partial charge in [0.2, 0.25) is 24.2 Å². The summed E-state index contributed by atoms with van der Waals surface area (Å²) in [6, 6.07) is 11.9. The second kappa shape index (κ2) is 19.2. The van der Waals surface area contributed by atoms with Crippen LogP contribution in [0.3, 0.4) is 0 Å². The van der Waals surface area contributed by atoms with Gasteiger partial charge < -0.3 is 34.5 Å². The molecule has 5 amide bonds. The molecule has 5 aliphatic rings. The van der Waals surface area contributed by atoms with Crippen molar-refractivity contribution < 1.29 is 33.4 Å². The number of hydrogen-bond acceptors (Lipinski definition) is 14. The minimum Gasteiger partial charge on any atom is -0.488 e. The Balaban J connectivity index is 0.00000138. The third-order valence-corrected chi connectivity index (χ3v) is 13.0. The molecule has 0 radical (unpaired) electrons. The van der Waals surface area contributed by atoms with E-state index in [4.69, 9.17) is 30.9 Å². The molecule has 0 bridgehead atoms. The van der Waals surface area contributed by atoms with Crippen LogP contribution in [-0.2, 0) is 19.1 Å². The van der Waals surface area contributed by atoms with Crippen molar-refractivity contribution >= 4 is 75.7 Å². The molecule has 3 N–H and O–H groups in total. The van der Waals surface area contributed by atoms with Gasteiger partial charge in [-0.3, -0.25) is 43.9 Å². The van der Waals surface area contributed by atoms with Gasteiger partial charge in [-0.25, -0.2) is 4.98 Å². The Bertz CT molecular complexity index is 2550. The van der Waals surface area contributed by atoms with E-state index in [0.717, 1.165) is 79.2 Å². The minimum atomic E-state index is -0.986. The van der Waals surface area contributed by atoms with Crippen LogP contribution in [0.5, 0.6) is 5.75 Å². The van der Waals surface area contributed by atoms with Gasteiger partial charge in [0.05, 0.1) is 48.3 Å². The molecule has 1 atom stereocenters. The lowest BCUT2D eigenvalue weighted by Crippen LogP contribution is -2.70. The molecular formula is C46H55ClN10O8. The summed E-state index contributed by atoms with van der Waals surface area (Å²) in [6.45, 7) is 12.2. The van der Waals surface area contributed by atoms with Gasteiger partial charge in [0.15, 0.2) is 11.6 Å². The highest BCUT2D eigenvalue weighted by atomic mass is 35.5. The predicted octanol–water partition coefficient (Wildman–Crippen LogP) is 4.13. The Labute approximate surface area is 381 Å². The van der Waals surface area contributed by atoms with Gasteiger partial charge in [0.1, 0.15) is 16.7 Å². The number of likely N-dealkylation sites (tertiary alicyclic amines) is 1. The Hall–Kier alpha value is -6.11. The number of pyridine rings is 1. The summed E-state index contributed by atoms with van der Waals surface area (Å²) in [7, 11) is 1.56. The molecule has 7 heterocycles. The fraction of sp³-hybridized carbons (Fsp3) is 0.478. The molecule has 4 fully saturated rings. The average Bonchev–Trinajstić information content (AvgIpc) is 3.54. The molecule has 1 unspecified atom stereocenters. The number of halogens is 1. The largest absolute Gasteiger partial charge is 0.488 e. The van der Waals surface area contributed by atoms with E-state index in [1.54, 1.807) is 36.0 Å². The van der Waals surface area contributed by atoms with Crippen LogP contribution in [0.1, 0.15) is 79.6 Å². The number of carbonyl (C=O) groups excluding carboxylic acids is 5. The average molecular weight is 911 g/mol. The lowest BCUT2D eigenvalue weighted by atomic mass is 9.88. The number of morpholine rings is 1. The predicted molar refractivity (Wildman–Crippen MR) is 245 cm³/mol. The van der Waals surface area contributed by atoms with Crippen LogP contribution in [0.4, 0.5) is 23.1 Å². The molecule has 4 aromatic rings. The van der Waals surface area contributed by atoms with Crippen LogP contribution in [-0.4, -0.2) is 132 Å². The molecule has 4 saturated heterocycles. The van der Waals surface area contributed by atoms with Crippen molar-refractivity contribution in [2.24, 2.45) is 5.92 Å². The first-order valence-corrected chi connectivity index (χ1v) is 22.6. The number of imide groups is 2. The van der Waals surface area contributed by atoms with Crippen molar-refractivity contribution in [1.29, 1.82) is 0 Å². The maximum absolute atomic E-state index is 13.7. The first kappa shape index (κ1) is 45.5. The fourth-order valence-electron chi connectivity index (χ4n) is 9.63. The zero-order chi connectivity index (χ0) is 46.0. The quantitative estimate of drug-likeness (QED) is 0.135. The number of rotatable bonds is 12. The van der Waals surface area contributed by atoms with E-state index in [2.05, 4.69) is 35.6 Å². The Morgan fingerprint density at radius 1 is 1.00 bits per heavy atom. The van der Waals surface area contributed by atoms with Crippen molar-refractivity contribution in [3.63, 3.8) is 0 Å². The van der Waals surface area contributed by atoms with Crippen molar-refractivity contribution in [3.8, 4) is 5.75 Å². The molecule has 9 rings (SSSR count). The lowest BCUT2D eigenvalue weighted by molar-refractivity contribution is -0.149. The topological polar surface area (TPSA) is 201 Å². The zero-order valence-corrected chi connectivity index (χ0v) is 37.9. The summed E-state index contributed by atoms with van der Waals surface area (Å²) >= 11 is 6.63. The van der Waals surface area contributed by atoms with Crippen LogP contribution in [0, 0.1) is 5.92 Å². The molecule has 344 valence electrons. The Morgan fingerprint density at radius 2 is 1.77 bits per heavy atom. The van der Waals surface area contributed by atoms with E-state index in [0.29, 0.717) is 72.3 Å². The highest BCUT2D eigenvalue weighted by molar-refractivity contribution is 6.33. The number of benzene rings is 2. The van der Waals surface area contributed by atoms with E-state index in [1.165, 1.54) is 0 Å². The monoisotopic (exact) mass is 910 g/mol. The van der Waals surface area contributed by atoms with E-state index >= 15 is 0 Å². The van der Waals surface area contributed by atoms with Crippen LogP contribution < -0.4 is 36.0 Å². The van der Waals surface area contributed by atoms with Gasteiger partial charge in [-0.1, -0.05) is 17.7 Å². The van der Waals surface area contributed by atoms with Gasteiger partial charge in [0, 0.05) is 63.3 Å². The van der Waals surface area contributed by atoms with Gasteiger partial charge in [-0.2, -0.15) is 4.98 Å². The molecule has 2 aromatic heterocycles. The molecule has 65 heavy (non-hydrogen) atoms. The van der Waals surface area contributed by atoms with Gasteiger partial charge in [-0.05, 0) is 95.3 Å². The second-order valence-electron chi connectivity index (χ2n) is 17.4. The molecule has 2 aromatic carbocycles. The molecular weight excluding hydrogens is 856 g/mol. The highest BCUT2D eigenvalue weighted by Crippen LogP contribution is 2.38. The number of amides is 5. The molecule has 0 aliphatic carbocycles. The van der Waals surface area contributed by atoms with Crippen molar-refractivity contribution in [1.82, 2.24) is 35.0 Å². The standard InChI is InChI=1S/C44H50ClN9O7.C2H5NO/c1-4-60-35-21-28-20-29(8-9-32(28)53(26(2)3)41(35)58)47-38-31(45)22-46-43(49-38)52-18-19-61-44(25-52)23-50(24-44)15-12-27-13-16-51(17-14-27)33-7-5-6-30-37(33)42(59)54(40(30)57)34-10-11-36(55)48-39(34)56;1-3-2-4/h5-9,20-22,26-27,34H,4,10-19,23-25H2,1-3H3,(H,46,47,49)(H,48,55,56);2H,1H3,(H,3,4). The minimum absolute atomic E-state index is 0.0475. The first-order valence-electron chi connectivity index (χ1n) is 22.3. The number of nitrogens with zero attached hydrogens (tertiary/aromatic N) is 7. The van der Waals surface area contributed by atoms with Crippen LogP contribution in [0.2, 0.25) is 5.02 Å². The number of carbonyl (C=O) groups is 5. The lowest BCUT2D eigenvalue weighted by Gasteiger charge is -2.54. The fourth-order valence-corrected chi connectivity index (χ4v) is 9.76. The Kier molecular flexibility index (Phi) is 13.4. The Morgan fingerprint density at radius 3 is 2.48 bits per heavy atom. The summed E-state index contributed by atoms with van der Waals surface area (Å²) in [4.78, 5) is 90.8. The van der Waals surface area contributed by atoms with Crippen molar-refractivity contribution in [3.05, 3.63) is 75.2 Å². The van der Waals surface area contributed by atoms with Gasteiger partial charge >= 0.3 is 0 Å². The van der Waals surface area contributed by atoms with E-state index < -0.39 is 29.7 Å². The third-order valence-electron chi connectivity index (χ3n) is 12.7. The van der Waals surface area contributed by atoms with Gasteiger partial charge in [-0.15, -0.1) is 0 Å². The van der Waals surface area contributed by atoms with Crippen LogP contribution in [0.25, 0.3) is 10.9 Å². The number of aromatic nitrogens is 3. The van der Waals surface area contributed by atoms with E-state index in [1.807, 2.05) is 45.0 Å². The number of nitrogens with one attached hydrogen (secondary N) is 3. The maximum atomic E-state index is 13.7. The van der Waals surface area contributed by atoms with E-state index in [-0.39, 0.29) is 30.0 Å². The van der Waals surface area contributed by atoms with Crippen molar-refractivity contribution in [2.75, 3.05) is 81.2 Å². The molecule has 18 nitrogen and oxygen atoms in total. The van der Waals surface area contributed by atoms with E-state index in [9.17, 15) is 24.0 Å². The molecule has 1 spiro atoms. The maximum Gasteiger partial charge on any atom is 0.293 e. The zero-order valence-electron chi connectivity index (χ0n) is 37.1. The summed E-state index contributed by atoms with van der Waals surface area (Å²) in [5, 5.41) is 9.14. The summed E-state index contributed by atoms with van der Waals surface area (Å²) in [5.41, 5.74) is 2.51. The number of fused-ring (bicyclic) bond motifs is 2. The van der Waals surface area contributed by atoms with Gasteiger partial charge in [0.25, 0.3) is 17.4 Å². The van der Waals surface area contributed by atoms with Crippen molar-refractivity contribution in [2.45, 2.75) is 70.6 Å². The number of ether oxygens (including phenoxy) is 2. The number of hydrogen-bond donors (Lipinski definition) is 3. The third kappa shape index (κ3) is 9.24. The highest BCUT2D eigenvalue weighted by Gasteiger charge is 2.48. The smallest absolute Gasteiger partial charge is 0.293 e. The normalized spacial score (nSPS) is 19.8. The number of piperidine rings is 2.